The average molecular weight is 767 g/mol. The molecule has 7 rings (SSSR count). The molecule has 0 N–H and O–H groups in total. The van der Waals surface area contributed by atoms with Crippen molar-refractivity contribution >= 4 is 59.0 Å². The van der Waals surface area contributed by atoms with Crippen molar-refractivity contribution in [3.05, 3.63) is 137 Å². The van der Waals surface area contributed by atoms with Crippen LogP contribution in [0.2, 0.25) is 0 Å². The summed E-state index contributed by atoms with van der Waals surface area (Å²) in [6.07, 6.45) is 2.77. The van der Waals surface area contributed by atoms with Crippen LogP contribution >= 0.6 is 0 Å². The summed E-state index contributed by atoms with van der Waals surface area (Å²) in [5.74, 6) is -0.408. The molecular weight excluding hydrogens is 733 g/mol. The first-order valence-electron chi connectivity index (χ1n) is 16.9. The Hall–Kier alpha value is -5.97. The number of carbonyl (C=O) groups excluding carboxylic acids is 1. The van der Waals surface area contributed by atoms with Gasteiger partial charge in [0.25, 0.3) is 15.7 Å². The van der Waals surface area contributed by atoms with Crippen LogP contribution < -0.4 is 9.08 Å². The molecule has 0 saturated carbocycles. The second-order valence-electron chi connectivity index (χ2n) is 12.7. The van der Waals surface area contributed by atoms with Gasteiger partial charge in [0.05, 0.1) is 4.92 Å². The van der Waals surface area contributed by atoms with Crippen LogP contribution in [0, 0.1) is 10.1 Å². The Balaban J connectivity index is 1.14. The lowest BCUT2D eigenvalue weighted by Gasteiger charge is -2.39. The summed E-state index contributed by atoms with van der Waals surface area (Å²) in [6, 6.07) is 28.3. The minimum absolute atomic E-state index is 0.0136. The normalized spacial score (nSPS) is 14.3. The fourth-order valence-electron chi connectivity index (χ4n) is 6.52. The van der Waals surface area contributed by atoms with Crippen molar-refractivity contribution < 1.29 is 30.7 Å². The smallest absolute Gasteiger partial charge is 0.357 e. The van der Waals surface area contributed by atoms with Crippen molar-refractivity contribution in [3.63, 3.8) is 0 Å². The molecule has 1 saturated heterocycles. The molecule has 54 heavy (non-hydrogen) atoms. The predicted molar refractivity (Wildman–Crippen MR) is 202 cm³/mol. The van der Waals surface area contributed by atoms with Gasteiger partial charge in [0.2, 0.25) is 10.9 Å². The topological polar surface area (TPSA) is 173 Å². The summed E-state index contributed by atoms with van der Waals surface area (Å²) in [5, 5.41) is 12.9. The van der Waals surface area contributed by atoms with Gasteiger partial charge in [0.15, 0.2) is 5.03 Å². The zero-order valence-corrected chi connectivity index (χ0v) is 30.6. The number of rotatable bonds is 11. The third-order valence-electron chi connectivity index (χ3n) is 9.43. The van der Waals surface area contributed by atoms with Gasteiger partial charge < -0.3 is 14.0 Å². The van der Waals surface area contributed by atoms with Crippen LogP contribution in [0.3, 0.4) is 0 Å². The summed E-state index contributed by atoms with van der Waals surface area (Å²) >= 11 is 0. The maximum Gasteiger partial charge on any atom is 0.357 e. The lowest BCUT2D eigenvalue weighted by atomic mass is 10.0. The van der Waals surface area contributed by atoms with Gasteiger partial charge in [-0.25, -0.2) is 18.4 Å². The Bertz CT molecular complexity index is 2570. The van der Waals surface area contributed by atoms with Crippen molar-refractivity contribution in [2.24, 2.45) is 0 Å². The first-order chi connectivity index (χ1) is 25.9. The number of nitro groups is 1. The van der Waals surface area contributed by atoms with E-state index in [1.807, 2.05) is 4.90 Å². The number of hydrogen-bond donors (Lipinski definition) is 0. The minimum atomic E-state index is -4.32. The number of nitrogens with zero attached hydrogens (tertiary/aromatic N) is 6. The predicted octanol–water partition coefficient (Wildman–Crippen LogP) is 5.04. The van der Waals surface area contributed by atoms with E-state index in [4.69, 9.17) is 4.18 Å². The first-order valence-corrected chi connectivity index (χ1v) is 19.7. The molecule has 1 aliphatic heterocycles. The molecule has 0 bridgehead atoms. The van der Waals surface area contributed by atoms with Crippen LogP contribution in [0.15, 0.2) is 132 Å². The van der Waals surface area contributed by atoms with Gasteiger partial charge in [-0.3, -0.25) is 14.9 Å². The number of carbonyl (C=O) groups is 1. The van der Waals surface area contributed by atoms with Crippen LogP contribution in [0.5, 0.6) is 5.75 Å². The van der Waals surface area contributed by atoms with Crippen molar-refractivity contribution in [1.29, 1.82) is 0 Å². The van der Waals surface area contributed by atoms with Crippen molar-refractivity contribution in [3.8, 4) is 5.75 Å². The Morgan fingerprint density at radius 2 is 1.33 bits per heavy atom. The fourth-order valence-corrected chi connectivity index (χ4v) is 9.03. The highest BCUT2D eigenvalue weighted by Crippen LogP contribution is 2.28. The standard InChI is InChI=1S/C38H34N6O8S2/c1-41(53(48,49)36-33-8-4-2-6-28(33)18-20-39-36)35(38(45)43-24-22-42(23-25-43)30-12-14-31(15-13-30)44(46)47)26-27-10-16-32(17-11-27)52-54(50,51)37-34-9-5-3-7-29(34)19-21-40-37/h2-21,35H,22-26H2,1H3/t35-/m0/s1. The summed E-state index contributed by atoms with van der Waals surface area (Å²) < 4.78 is 61.6. The number of fused-ring (bicyclic) bond motifs is 2. The molecule has 0 unspecified atom stereocenters. The third kappa shape index (κ3) is 7.31. The number of non-ortho nitro benzene ring substituents is 1. The van der Waals surface area contributed by atoms with Gasteiger partial charge in [0, 0.05) is 74.2 Å². The zero-order valence-electron chi connectivity index (χ0n) is 28.9. The highest BCUT2D eigenvalue weighted by atomic mass is 32.2. The molecule has 3 heterocycles. The van der Waals surface area contributed by atoms with E-state index in [9.17, 15) is 31.7 Å². The van der Waals surface area contributed by atoms with Gasteiger partial charge in [-0.15, -0.1) is 0 Å². The summed E-state index contributed by atoms with van der Waals surface area (Å²) in [6.45, 7) is 1.40. The molecule has 0 aliphatic carbocycles. The molecule has 1 fully saturated rings. The van der Waals surface area contributed by atoms with Crippen LogP contribution in [-0.4, -0.2) is 86.1 Å². The highest BCUT2D eigenvalue weighted by Gasteiger charge is 2.38. The van der Waals surface area contributed by atoms with E-state index in [2.05, 4.69) is 9.97 Å². The number of pyridine rings is 2. The van der Waals surface area contributed by atoms with Crippen molar-refractivity contribution in [1.82, 2.24) is 19.2 Å². The molecule has 0 spiro atoms. The Morgan fingerprint density at radius 3 is 1.93 bits per heavy atom. The molecule has 16 heteroatoms. The number of benzene rings is 4. The maximum absolute atomic E-state index is 14.4. The van der Waals surface area contributed by atoms with E-state index in [0.717, 1.165) is 9.99 Å². The van der Waals surface area contributed by atoms with Gasteiger partial charge >= 0.3 is 10.1 Å². The van der Waals surface area contributed by atoms with Crippen molar-refractivity contribution in [2.75, 3.05) is 38.1 Å². The summed E-state index contributed by atoms with van der Waals surface area (Å²) in [7, 11) is -7.28. The number of anilines is 1. The molecule has 1 amide bonds. The fraction of sp³-hybridized carbons (Fsp3) is 0.184. The molecule has 14 nitrogen and oxygen atoms in total. The van der Waals surface area contributed by atoms with E-state index in [0.29, 0.717) is 40.2 Å². The van der Waals surface area contributed by atoms with E-state index < -0.39 is 37.0 Å². The monoisotopic (exact) mass is 766 g/mol. The highest BCUT2D eigenvalue weighted by molar-refractivity contribution is 7.89. The molecule has 4 aromatic carbocycles. The Kier molecular flexibility index (Phi) is 9.98. The average Bonchev–Trinajstić information content (AvgIpc) is 3.19. The van der Waals surface area contributed by atoms with Crippen LogP contribution in [0.1, 0.15) is 5.56 Å². The minimum Gasteiger partial charge on any atom is -0.378 e. The number of piperazine rings is 1. The van der Waals surface area contributed by atoms with Crippen LogP contribution in [0.25, 0.3) is 21.5 Å². The second-order valence-corrected chi connectivity index (χ2v) is 16.1. The van der Waals surface area contributed by atoms with E-state index >= 15 is 0 Å². The van der Waals surface area contributed by atoms with Crippen molar-refractivity contribution in [2.45, 2.75) is 22.5 Å². The summed E-state index contributed by atoms with van der Waals surface area (Å²) in [4.78, 5) is 36.9. The first kappa shape index (κ1) is 36.4. The zero-order chi connectivity index (χ0) is 38.0. The quantitative estimate of drug-likeness (QED) is 0.0983. The van der Waals surface area contributed by atoms with Gasteiger partial charge in [-0.2, -0.15) is 12.7 Å². The van der Waals surface area contributed by atoms with E-state index in [1.54, 1.807) is 89.8 Å². The van der Waals surface area contributed by atoms with E-state index in [-0.39, 0.29) is 41.0 Å². The lowest BCUT2D eigenvalue weighted by Crippen LogP contribution is -2.56. The molecule has 276 valence electrons. The number of likely N-dealkylation sites (N-methyl/N-ethyl adjacent to an activating group) is 1. The van der Waals surface area contributed by atoms with Crippen LogP contribution in [0.4, 0.5) is 11.4 Å². The molecule has 1 atom stereocenters. The molecule has 0 radical (unpaired) electrons. The molecule has 6 aromatic rings. The van der Waals surface area contributed by atoms with E-state index in [1.165, 1.54) is 43.7 Å². The number of hydrogen-bond acceptors (Lipinski definition) is 11. The second kappa shape index (κ2) is 14.8. The van der Waals surface area contributed by atoms with Gasteiger partial charge in [-0.05, 0) is 59.2 Å². The summed E-state index contributed by atoms with van der Waals surface area (Å²) in [5.41, 5.74) is 1.30. The SMILES string of the molecule is CN([C@@H](Cc1ccc(OS(=O)(=O)c2nccc3ccccc23)cc1)C(=O)N1CCN(c2ccc([N+](=O)[O-])cc2)CC1)S(=O)(=O)c1nccc2ccccc12. The molecular formula is C38H34N6O8S2. The Labute approximate surface area is 311 Å². The largest absolute Gasteiger partial charge is 0.378 e. The molecule has 1 aliphatic rings. The third-order valence-corrected chi connectivity index (χ3v) is 12.5. The number of amides is 1. The van der Waals surface area contributed by atoms with Crippen LogP contribution in [-0.2, 0) is 31.4 Å². The lowest BCUT2D eigenvalue weighted by molar-refractivity contribution is -0.384. The number of nitro benzene ring substituents is 1. The van der Waals surface area contributed by atoms with Gasteiger partial charge in [0.1, 0.15) is 11.8 Å². The number of sulfonamides is 1. The maximum atomic E-state index is 14.4. The molecule has 2 aromatic heterocycles. The Morgan fingerprint density at radius 1 is 0.778 bits per heavy atom. The van der Waals surface area contributed by atoms with Gasteiger partial charge in [-0.1, -0.05) is 60.7 Å². The number of aromatic nitrogens is 2.